The van der Waals surface area contributed by atoms with Crippen LogP contribution in [-0.2, 0) is 6.54 Å². The van der Waals surface area contributed by atoms with E-state index in [0.717, 1.165) is 11.1 Å². The minimum Gasteiger partial charge on any atom is -0.472 e. The number of furan rings is 1. The Morgan fingerprint density at radius 3 is 2.59 bits per heavy atom. The highest BCUT2D eigenvalue weighted by atomic mass is 35.5. The molecule has 0 unspecified atom stereocenters. The van der Waals surface area contributed by atoms with Gasteiger partial charge in [-0.1, -0.05) is 23.7 Å². The van der Waals surface area contributed by atoms with Crippen LogP contribution in [0.5, 0.6) is 0 Å². The Morgan fingerprint density at radius 2 is 2.00 bits per heavy atom. The Hall–Kier alpha value is -1.98. The standard InChI is InChI=1S/C16H20ClN3O2/c1-20(2)10-15(13-3-5-14(17)6-4-13)19-16(21)18-9-12-7-8-22-11-12/h3-8,11,15H,9-10H2,1-2H3,(H2,18,19,21)/t15-/m0/s1. The summed E-state index contributed by atoms with van der Waals surface area (Å²) in [5.41, 5.74) is 1.93. The normalized spacial score (nSPS) is 12.2. The second-order valence-corrected chi connectivity index (χ2v) is 5.76. The zero-order valence-electron chi connectivity index (χ0n) is 12.7. The summed E-state index contributed by atoms with van der Waals surface area (Å²) < 4.78 is 4.97. The maximum absolute atomic E-state index is 12.1. The molecular weight excluding hydrogens is 302 g/mol. The van der Waals surface area contributed by atoms with Crippen molar-refractivity contribution in [1.29, 1.82) is 0 Å². The molecule has 0 aliphatic carbocycles. The van der Waals surface area contributed by atoms with Crippen LogP contribution >= 0.6 is 11.6 Å². The fraction of sp³-hybridized carbons (Fsp3) is 0.312. The van der Waals surface area contributed by atoms with E-state index in [1.54, 1.807) is 12.5 Å². The molecule has 1 aromatic carbocycles. The van der Waals surface area contributed by atoms with Crippen LogP contribution in [0.15, 0.2) is 47.3 Å². The molecule has 2 aromatic rings. The van der Waals surface area contributed by atoms with Gasteiger partial charge in [0.25, 0.3) is 0 Å². The van der Waals surface area contributed by atoms with E-state index in [0.29, 0.717) is 18.1 Å². The molecule has 1 heterocycles. The maximum Gasteiger partial charge on any atom is 0.315 e. The number of amides is 2. The first-order valence-electron chi connectivity index (χ1n) is 7.00. The van der Waals surface area contributed by atoms with E-state index < -0.39 is 0 Å². The molecule has 0 saturated carbocycles. The summed E-state index contributed by atoms with van der Waals surface area (Å²) in [7, 11) is 3.93. The van der Waals surface area contributed by atoms with Gasteiger partial charge in [-0.25, -0.2) is 4.79 Å². The van der Waals surface area contributed by atoms with E-state index in [2.05, 4.69) is 10.6 Å². The fourth-order valence-corrected chi connectivity index (χ4v) is 2.21. The lowest BCUT2D eigenvalue weighted by atomic mass is 10.1. The molecule has 0 bridgehead atoms. The van der Waals surface area contributed by atoms with Gasteiger partial charge in [0.1, 0.15) is 0 Å². The van der Waals surface area contributed by atoms with Gasteiger partial charge in [0.05, 0.1) is 18.6 Å². The second-order valence-electron chi connectivity index (χ2n) is 5.32. The first-order chi connectivity index (χ1) is 10.5. The molecule has 0 fully saturated rings. The predicted molar refractivity (Wildman–Crippen MR) is 86.8 cm³/mol. The number of hydrogen-bond donors (Lipinski definition) is 2. The fourth-order valence-electron chi connectivity index (χ4n) is 2.08. The van der Waals surface area contributed by atoms with Crippen LogP contribution in [0.4, 0.5) is 4.79 Å². The Morgan fingerprint density at radius 1 is 1.27 bits per heavy atom. The summed E-state index contributed by atoms with van der Waals surface area (Å²) in [5.74, 6) is 0. The van der Waals surface area contributed by atoms with Gasteiger partial charge in [-0.15, -0.1) is 0 Å². The molecule has 0 aliphatic rings. The highest BCUT2D eigenvalue weighted by Gasteiger charge is 2.15. The Balaban J connectivity index is 1.96. The number of benzene rings is 1. The van der Waals surface area contributed by atoms with Crippen LogP contribution in [0.2, 0.25) is 5.02 Å². The van der Waals surface area contributed by atoms with E-state index in [4.69, 9.17) is 16.0 Å². The van der Waals surface area contributed by atoms with Crippen molar-refractivity contribution >= 4 is 17.6 Å². The lowest BCUT2D eigenvalue weighted by Gasteiger charge is -2.23. The van der Waals surface area contributed by atoms with Gasteiger partial charge >= 0.3 is 6.03 Å². The average molecular weight is 322 g/mol. The minimum absolute atomic E-state index is 0.114. The molecule has 1 aromatic heterocycles. The van der Waals surface area contributed by atoms with Crippen molar-refractivity contribution in [3.8, 4) is 0 Å². The van der Waals surface area contributed by atoms with Crippen molar-refractivity contribution in [2.45, 2.75) is 12.6 Å². The van der Waals surface area contributed by atoms with Crippen LogP contribution in [0.25, 0.3) is 0 Å². The summed E-state index contributed by atoms with van der Waals surface area (Å²) in [5, 5.41) is 6.47. The number of halogens is 1. The zero-order chi connectivity index (χ0) is 15.9. The van der Waals surface area contributed by atoms with Gasteiger partial charge in [0.2, 0.25) is 0 Å². The summed E-state index contributed by atoms with van der Waals surface area (Å²) in [6.45, 7) is 1.12. The summed E-state index contributed by atoms with van der Waals surface area (Å²) in [6.07, 6.45) is 3.19. The van der Waals surface area contributed by atoms with E-state index in [1.165, 1.54) is 0 Å². The van der Waals surface area contributed by atoms with Gasteiger partial charge in [-0.05, 0) is 37.9 Å². The van der Waals surface area contributed by atoms with Crippen molar-refractivity contribution in [3.05, 3.63) is 59.0 Å². The number of likely N-dealkylation sites (N-methyl/N-ethyl adjacent to an activating group) is 1. The third-order valence-corrected chi connectivity index (χ3v) is 3.41. The van der Waals surface area contributed by atoms with E-state index in [-0.39, 0.29) is 12.1 Å². The molecule has 118 valence electrons. The van der Waals surface area contributed by atoms with E-state index >= 15 is 0 Å². The number of carbonyl (C=O) groups excluding carboxylic acids is 1. The lowest BCUT2D eigenvalue weighted by Crippen LogP contribution is -2.41. The Labute approximate surface area is 135 Å². The number of rotatable bonds is 6. The molecule has 1 atom stereocenters. The molecule has 22 heavy (non-hydrogen) atoms. The highest BCUT2D eigenvalue weighted by molar-refractivity contribution is 6.30. The van der Waals surface area contributed by atoms with Gasteiger partial charge < -0.3 is 20.0 Å². The molecule has 0 radical (unpaired) electrons. The zero-order valence-corrected chi connectivity index (χ0v) is 13.4. The number of hydrogen-bond acceptors (Lipinski definition) is 3. The summed E-state index contributed by atoms with van der Waals surface area (Å²) in [6, 6.07) is 8.98. The van der Waals surface area contributed by atoms with Crippen LogP contribution in [0, 0.1) is 0 Å². The Bertz CT molecular complexity index is 582. The van der Waals surface area contributed by atoms with Crippen LogP contribution in [-0.4, -0.2) is 31.6 Å². The monoisotopic (exact) mass is 321 g/mol. The van der Waals surface area contributed by atoms with E-state index in [1.807, 2.05) is 49.3 Å². The van der Waals surface area contributed by atoms with Gasteiger partial charge in [0.15, 0.2) is 0 Å². The third-order valence-electron chi connectivity index (χ3n) is 3.16. The first kappa shape index (κ1) is 16.4. The maximum atomic E-state index is 12.1. The smallest absolute Gasteiger partial charge is 0.315 e. The van der Waals surface area contributed by atoms with Crippen LogP contribution in [0.3, 0.4) is 0 Å². The molecule has 0 aliphatic heterocycles. The largest absolute Gasteiger partial charge is 0.472 e. The van der Waals surface area contributed by atoms with Crippen molar-refractivity contribution < 1.29 is 9.21 Å². The van der Waals surface area contributed by atoms with Gasteiger partial charge in [-0.3, -0.25) is 0 Å². The molecule has 5 nitrogen and oxygen atoms in total. The van der Waals surface area contributed by atoms with Crippen molar-refractivity contribution in [1.82, 2.24) is 15.5 Å². The molecule has 0 spiro atoms. The van der Waals surface area contributed by atoms with E-state index in [9.17, 15) is 4.79 Å². The highest BCUT2D eigenvalue weighted by Crippen LogP contribution is 2.17. The Kier molecular flexibility index (Phi) is 5.86. The summed E-state index contributed by atoms with van der Waals surface area (Å²) in [4.78, 5) is 14.1. The molecule has 6 heteroatoms. The van der Waals surface area contributed by atoms with Crippen LogP contribution in [0.1, 0.15) is 17.2 Å². The number of nitrogens with zero attached hydrogens (tertiary/aromatic N) is 1. The second kappa shape index (κ2) is 7.87. The predicted octanol–water partition coefficient (Wildman–Crippen LogP) is 3.04. The quantitative estimate of drug-likeness (QED) is 0.860. The third kappa shape index (κ3) is 5.09. The SMILES string of the molecule is CN(C)C[C@H](NC(=O)NCc1ccoc1)c1ccc(Cl)cc1. The van der Waals surface area contributed by atoms with Crippen LogP contribution < -0.4 is 10.6 Å². The first-order valence-corrected chi connectivity index (χ1v) is 7.38. The molecule has 2 N–H and O–H groups in total. The average Bonchev–Trinajstić information content (AvgIpc) is 2.98. The number of carbonyl (C=O) groups is 1. The molecule has 0 saturated heterocycles. The molecular formula is C16H20ClN3O2. The minimum atomic E-state index is -0.219. The lowest BCUT2D eigenvalue weighted by molar-refractivity contribution is 0.232. The van der Waals surface area contributed by atoms with Gasteiger partial charge in [0, 0.05) is 23.7 Å². The number of urea groups is 1. The van der Waals surface area contributed by atoms with Gasteiger partial charge in [-0.2, -0.15) is 0 Å². The van der Waals surface area contributed by atoms with Crippen molar-refractivity contribution in [2.24, 2.45) is 0 Å². The molecule has 2 rings (SSSR count). The van der Waals surface area contributed by atoms with Crippen molar-refractivity contribution in [3.63, 3.8) is 0 Å². The van der Waals surface area contributed by atoms with Crippen molar-refractivity contribution in [2.75, 3.05) is 20.6 Å². The summed E-state index contributed by atoms with van der Waals surface area (Å²) >= 11 is 5.92. The molecule has 2 amide bonds. The topological polar surface area (TPSA) is 57.5 Å². The number of nitrogens with one attached hydrogen (secondary N) is 2.